The molecule has 0 radical (unpaired) electrons. The van der Waals surface area contributed by atoms with Gasteiger partial charge in [-0.05, 0) is 38.3 Å². The number of benzene rings is 1. The molecule has 0 bridgehead atoms. The van der Waals surface area contributed by atoms with Gasteiger partial charge in [0, 0.05) is 12.6 Å². The summed E-state index contributed by atoms with van der Waals surface area (Å²) < 4.78 is 18.5. The molecule has 0 saturated carbocycles. The van der Waals surface area contributed by atoms with Crippen molar-refractivity contribution >= 4 is 11.9 Å². The molecule has 6 heteroatoms. The maximum Gasteiger partial charge on any atom is 0.326 e. The summed E-state index contributed by atoms with van der Waals surface area (Å²) in [6.45, 7) is 1.95. The van der Waals surface area contributed by atoms with E-state index in [4.69, 9.17) is 4.74 Å². The third kappa shape index (κ3) is 3.71. The Morgan fingerprint density at radius 3 is 2.86 bits per heavy atom. The standard InChI is InChI=1S/C15H18FNO4/c1-10(21-12-6-4-5-11(16)9-12)14(18)17-8-3-2-7-13(17)15(19)20/h4-6,9-10,13H,2-3,7-8H2,1H3,(H,19,20)/t10?,13-/m1/s1. The van der Waals surface area contributed by atoms with Crippen molar-refractivity contribution in [1.82, 2.24) is 4.90 Å². The lowest BCUT2D eigenvalue weighted by molar-refractivity contribution is -0.155. The second kappa shape index (κ2) is 6.56. The van der Waals surface area contributed by atoms with Crippen molar-refractivity contribution in [3.05, 3.63) is 30.1 Å². The molecule has 1 aliphatic heterocycles. The quantitative estimate of drug-likeness (QED) is 0.923. The van der Waals surface area contributed by atoms with E-state index in [-0.39, 0.29) is 11.7 Å². The fraction of sp³-hybridized carbons (Fsp3) is 0.467. The minimum Gasteiger partial charge on any atom is -0.481 e. The van der Waals surface area contributed by atoms with Crippen molar-refractivity contribution in [2.75, 3.05) is 6.54 Å². The molecule has 1 amide bonds. The van der Waals surface area contributed by atoms with E-state index in [2.05, 4.69) is 0 Å². The number of hydrogen-bond acceptors (Lipinski definition) is 3. The van der Waals surface area contributed by atoms with Gasteiger partial charge in [-0.1, -0.05) is 6.07 Å². The fourth-order valence-electron chi connectivity index (χ4n) is 2.48. The van der Waals surface area contributed by atoms with E-state index in [0.717, 1.165) is 12.8 Å². The number of carboxylic acids is 1. The topological polar surface area (TPSA) is 66.8 Å². The molecule has 1 aromatic rings. The second-order valence-electron chi connectivity index (χ2n) is 5.10. The van der Waals surface area contributed by atoms with Crippen molar-refractivity contribution in [3.8, 4) is 5.75 Å². The summed E-state index contributed by atoms with van der Waals surface area (Å²) in [5, 5.41) is 9.18. The van der Waals surface area contributed by atoms with Crippen molar-refractivity contribution in [3.63, 3.8) is 0 Å². The van der Waals surface area contributed by atoms with E-state index < -0.39 is 23.9 Å². The number of aliphatic carboxylic acids is 1. The normalized spacial score (nSPS) is 19.9. The molecule has 114 valence electrons. The van der Waals surface area contributed by atoms with Crippen LogP contribution in [0.2, 0.25) is 0 Å². The number of amides is 1. The van der Waals surface area contributed by atoms with Gasteiger partial charge < -0.3 is 14.7 Å². The van der Waals surface area contributed by atoms with E-state index in [1.165, 1.54) is 23.1 Å². The molecule has 2 rings (SSSR count). The molecule has 1 aromatic carbocycles. The smallest absolute Gasteiger partial charge is 0.326 e. The van der Waals surface area contributed by atoms with Crippen LogP contribution in [0.4, 0.5) is 4.39 Å². The molecule has 1 saturated heterocycles. The van der Waals surface area contributed by atoms with Crippen LogP contribution in [-0.4, -0.2) is 40.6 Å². The van der Waals surface area contributed by atoms with Gasteiger partial charge in [0.15, 0.2) is 6.10 Å². The monoisotopic (exact) mass is 295 g/mol. The van der Waals surface area contributed by atoms with Crippen LogP contribution in [0, 0.1) is 5.82 Å². The lowest BCUT2D eigenvalue weighted by Crippen LogP contribution is -2.52. The average molecular weight is 295 g/mol. The number of carboxylic acid groups (broad SMARTS) is 1. The summed E-state index contributed by atoms with van der Waals surface area (Å²) in [6, 6.07) is 4.71. The van der Waals surface area contributed by atoms with Crippen LogP contribution >= 0.6 is 0 Å². The van der Waals surface area contributed by atoms with Crippen LogP contribution in [0.5, 0.6) is 5.75 Å². The summed E-state index contributed by atoms with van der Waals surface area (Å²) in [5.41, 5.74) is 0. The number of halogens is 1. The molecule has 2 atom stereocenters. The second-order valence-corrected chi connectivity index (χ2v) is 5.10. The summed E-state index contributed by atoms with van der Waals surface area (Å²) in [7, 11) is 0. The van der Waals surface area contributed by atoms with Crippen LogP contribution in [0.15, 0.2) is 24.3 Å². The first-order valence-corrected chi connectivity index (χ1v) is 6.94. The van der Waals surface area contributed by atoms with Crippen molar-refractivity contribution in [2.45, 2.75) is 38.3 Å². The Labute approximate surface area is 122 Å². The molecule has 0 aliphatic carbocycles. The van der Waals surface area contributed by atoms with Crippen LogP contribution in [0.25, 0.3) is 0 Å². The molecule has 1 heterocycles. The SMILES string of the molecule is CC(Oc1cccc(F)c1)C(=O)N1CCCC[C@@H]1C(=O)O. The summed E-state index contributed by atoms with van der Waals surface area (Å²) >= 11 is 0. The Hall–Kier alpha value is -2.11. The Morgan fingerprint density at radius 2 is 2.19 bits per heavy atom. The van der Waals surface area contributed by atoms with Gasteiger partial charge in [-0.15, -0.1) is 0 Å². The van der Waals surface area contributed by atoms with Crippen LogP contribution in [0.3, 0.4) is 0 Å². The van der Waals surface area contributed by atoms with E-state index in [0.29, 0.717) is 13.0 Å². The van der Waals surface area contributed by atoms with Gasteiger partial charge in [0.1, 0.15) is 17.6 Å². The molecule has 1 N–H and O–H groups in total. The predicted octanol–water partition coefficient (Wildman–Crippen LogP) is 2.06. The van der Waals surface area contributed by atoms with Crippen LogP contribution in [0.1, 0.15) is 26.2 Å². The Bertz CT molecular complexity index is 534. The van der Waals surface area contributed by atoms with Gasteiger partial charge in [0.05, 0.1) is 0 Å². The van der Waals surface area contributed by atoms with Crippen molar-refractivity contribution in [1.29, 1.82) is 0 Å². The third-order valence-corrected chi connectivity index (χ3v) is 3.53. The van der Waals surface area contributed by atoms with Gasteiger partial charge >= 0.3 is 5.97 Å². The number of likely N-dealkylation sites (tertiary alicyclic amines) is 1. The van der Waals surface area contributed by atoms with Crippen LogP contribution in [-0.2, 0) is 9.59 Å². The summed E-state index contributed by atoms with van der Waals surface area (Å²) in [6.07, 6.45) is 1.17. The average Bonchev–Trinajstić information content (AvgIpc) is 2.46. The molecule has 1 unspecified atom stereocenters. The number of carbonyl (C=O) groups excluding carboxylic acids is 1. The van der Waals surface area contributed by atoms with Gasteiger partial charge in [0.25, 0.3) is 5.91 Å². The first kappa shape index (κ1) is 15.3. The number of piperidine rings is 1. The molecule has 1 aliphatic rings. The summed E-state index contributed by atoms with van der Waals surface area (Å²) in [5.74, 6) is -1.58. The minimum atomic E-state index is -0.999. The van der Waals surface area contributed by atoms with Gasteiger partial charge in [-0.2, -0.15) is 0 Å². The van der Waals surface area contributed by atoms with E-state index in [1.807, 2.05) is 0 Å². The summed E-state index contributed by atoms with van der Waals surface area (Å²) in [4.78, 5) is 24.9. The first-order chi connectivity index (χ1) is 9.99. The lowest BCUT2D eigenvalue weighted by atomic mass is 10.0. The zero-order chi connectivity index (χ0) is 15.4. The van der Waals surface area contributed by atoms with E-state index >= 15 is 0 Å². The first-order valence-electron chi connectivity index (χ1n) is 6.94. The number of ether oxygens (including phenoxy) is 1. The Kier molecular flexibility index (Phi) is 4.77. The number of nitrogens with zero attached hydrogens (tertiary/aromatic N) is 1. The third-order valence-electron chi connectivity index (χ3n) is 3.53. The maximum absolute atomic E-state index is 13.1. The molecule has 5 nitrogen and oxygen atoms in total. The fourth-order valence-corrected chi connectivity index (χ4v) is 2.48. The number of hydrogen-bond donors (Lipinski definition) is 1. The van der Waals surface area contributed by atoms with Crippen LogP contribution < -0.4 is 4.74 Å². The predicted molar refractivity (Wildman–Crippen MR) is 73.5 cm³/mol. The lowest BCUT2D eigenvalue weighted by Gasteiger charge is -2.34. The molecular formula is C15H18FNO4. The number of rotatable bonds is 4. The molecule has 0 aromatic heterocycles. The van der Waals surface area contributed by atoms with Gasteiger partial charge in [-0.25, -0.2) is 9.18 Å². The molecule has 1 fully saturated rings. The highest BCUT2D eigenvalue weighted by atomic mass is 19.1. The number of carbonyl (C=O) groups is 2. The molecular weight excluding hydrogens is 277 g/mol. The largest absolute Gasteiger partial charge is 0.481 e. The van der Waals surface area contributed by atoms with Gasteiger partial charge in [-0.3, -0.25) is 4.79 Å². The molecule has 21 heavy (non-hydrogen) atoms. The van der Waals surface area contributed by atoms with Crippen molar-refractivity contribution < 1.29 is 23.8 Å². The highest BCUT2D eigenvalue weighted by Crippen LogP contribution is 2.20. The zero-order valence-electron chi connectivity index (χ0n) is 11.8. The Morgan fingerprint density at radius 1 is 1.43 bits per heavy atom. The van der Waals surface area contributed by atoms with E-state index in [1.54, 1.807) is 13.0 Å². The molecule has 0 spiro atoms. The van der Waals surface area contributed by atoms with Gasteiger partial charge in [0.2, 0.25) is 0 Å². The minimum absolute atomic E-state index is 0.250. The Balaban J connectivity index is 2.05. The highest BCUT2D eigenvalue weighted by Gasteiger charge is 2.34. The van der Waals surface area contributed by atoms with Crippen molar-refractivity contribution in [2.24, 2.45) is 0 Å². The highest BCUT2D eigenvalue weighted by molar-refractivity contribution is 5.86. The zero-order valence-corrected chi connectivity index (χ0v) is 11.8. The van der Waals surface area contributed by atoms with E-state index in [9.17, 15) is 19.1 Å². The maximum atomic E-state index is 13.1.